The van der Waals surface area contributed by atoms with E-state index in [0.29, 0.717) is 24.3 Å². The molecular formula is C14H10F10P2. The van der Waals surface area contributed by atoms with Crippen molar-refractivity contribution < 1.29 is 42.7 Å². The molecule has 26 heavy (non-hydrogen) atoms. The average Bonchev–Trinajstić information content (AvgIpc) is 2.50. The molecule has 0 bridgehead atoms. The molecule has 0 atom stereocenters. The van der Waals surface area contributed by atoms with Gasteiger partial charge in [-0.05, 0) is 0 Å². The number of hydrogen-bond acceptors (Lipinski definition) is 0. The molecule has 0 aliphatic carbocycles. The Morgan fingerprint density at radius 1 is 0.615 bits per heavy atom. The molecule has 0 heterocycles. The molecule has 0 amide bonds. The van der Waals surface area contributed by atoms with Crippen molar-refractivity contribution in [2.75, 3.05) is 0 Å². The van der Waals surface area contributed by atoms with Crippen LogP contribution in [0.15, 0.2) is 36.4 Å². The molecule has 146 valence electrons. The van der Waals surface area contributed by atoms with Gasteiger partial charge in [0, 0.05) is 0 Å². The van der Waals surface area contributed by atoms with Crippen molar-refractivity contribution in [2.45, 2.75) is 12.3 Å². The molecule has 0 spiro atoms. The molecule has 2 aromatic rings. The first-order valence-electron chi connectivity index (χ1n) is 6.80. The van der Waals surface area contributed by atoms with E-state index in [1.807, 2.05) is 0 Å². The summed E-state index contributed by atoms with van der Waals surface area (Å²) < 4.78 is 140. The van der Waals surface area contributed by atoms with Crippen molar-refractivity contribution in [3.63, 3.8) is 0 Å². The third kappa shape index (κ3) is 3.07. The van der Waals surface area contributed by atoms with Crippen LogP contribution in [0.5, 0.6) is 0 Å². The summed E-state index contributed by atoms with van der Waals surface area (Å²) >= 11 is 0. The van der Waals surface area contributed by atoms with Crippen LogP contribution in [0.4, 0.5) is 42.7 Å². The third-order valence-corrected chi connectivity index (χ3v) is 11.0. The second-order valence-electron chi connectivity index (χ2n) is 5.51. The normalized spacial score (nSPS) is 17.0. The van der Waals surface area contributed by atoms with Crippen molar-refractivity contribution in [1.29, 1.82) is 0 Å². The summed E-state index contributed by atoms with van der Waals surface area (Å²) in [5, 5.41) is -8.87. The molecule has 2 aromatic carbocycles. The van der Waals surface area contributed by atoms with Crippen molar-refractivity contribution >= 4 is 25.7 Å². The number of hydrogen-bond donors (Lipinski definition) is 0. The van der Waals surface area contributed by atoms with E-state index in [1.165, 1.54) is 0 Å². The zero-order valence-corrected chi connectivity index (χ0v) is 14.5. The minimum atomic E-state index is -8.66. The Labute approximate surface area is 141 Å². The Kier molecular flexibility index (Phi) is 4.66. The monoisotopic (exact) mass is 430 g/mol. The summed E-state index contributed by atoms with van der Waals surface area (Å²) in [6, 6.07) is 1.49. The molecule has 0 fully saturated rings. The van der Waals surface area contributed by atoms with Gasteiger partial charge in [-0.25, -0.2) is 0 Å². The minimum absolute atomic E-state index is 0.00116. The fourth-order valence-corrected chi connectivity index (χ4v) is 7.87. The maximum absolute atomic E-state index is 14.5. The summed E-state index contributed by atoms with van der Waals surface area (Å²) in [4.78, 5) is 0. The Morgan fingerprint density at radius 3 is 1.23 bits per heavy atom. The van der Waals surface area contributed by atoms with E-state index in [4.69, 9.17) is 0 Å². The van der Waals surface area contributed by atoms with Gasteiger partial charge in [0.2, 0.25) is 0 Å². The molecule has 0 nitrogen and oxygen atoms in total. The predicted octanol–water partition coefficient (Wildman–Crippen LogP) is 6.95. The first-order chi connectivity index (χ1) is 11.6. The molecule has 2 rings (SSSR count). The van der Waals surface area contributed by atoms with Gasteiger partial charge in [-0.3, -0.25) is 0 Å². The van der Waals surface area contributed by atoms with Crippen molar-refractivity contribution in [2.24, 2.45) is 0 Å². The second kappa shape index (κ2) is 5.80. The molecule has 0 saturated carbocycles. The van der Waals surface area contributed by atoms with Crippen LogP contribution in [-0.2, 0) is 0 Å². The van der Waals surface area contributed by atoms with E-state index in [9.17, 15) is 42.7 Å². The summed E-state index contributed by atoms with van der Waals surface area (Å²) in [6.45, 7) is -0.273. The Balaban J connectivity index is 2.76. The molecule has 0 aliphatic heterocycles. The Hall–Kier alpha value is -1.40. The van der Waals surface area contributed by atoms with Gasteiger partial charge in [-0.1, -0.05) is 0 Å². The molecule has 0 aromatic heterocycles. The van der Waals surface area contributed by atoms with Crippen LogP contribution >= 0.6 is 15.1 Å². The van der Waals surface area contributed by atoms with Gasteiger partial charge < -0.3 is 0 Å². The maximum atomic E-state index is 14.5. The van der Waals surface area contributed by atoms with Gasteiger partial charge in [0.15, 0.2) is 0 Å². The number of halogens is 10. The molecule has 0 aliphatic rings. The van der Waals surface area contributed by atoms with Crippen LogP contribution in [0.1, 0.15) is 6.92 Å². The second-order valence-corrected chi connectivity index (χ2v) is 11.9. The standard InChI is InChI=1S/C14H10F10P2/c1-8(25(19,20,21)11-6-2-4-9(15)13(11)17)26(22,23,24)12-7-3-5-10(16)14(12)18/h2-8H,1H3. The van der Waals surface area contributed by atoms with Gasteiger partial charge >= 0.3 is 140 Å². The van der Waals surface area contributed by atoms with Crippen LogP contribution in [-0.4, -0.2) is 5.40 Å². The van der Waals surface area contributed by atoms with Crippen LogP contribution < -0.4 is 10.6 Å². The van der Waals surface area contributed by atoms with E-state index in [0.717, 1.165) is 0 Å². The summed E-state index contributed by atoms with van der Waals surface area (Å²) in [7, 11) is -17.3. The topological polar surface area (TPSA) is 0 Å². The summed E-state index contributed by atoms with van der Waals surface area (Å²) in [5.74, 6) is -8.86. The van der Waals surface area contributed by atoms with Gasteiger partial charge in [0.25, 0.3) is 0 Å². The van der Waals surface area contributed by atoms with E-state index in [1.54, 1.807) is 0 Å². The van der Waals surface area contributed by atoms with Gasteiger partial charge in [0.1, 0.15) is 0 Å². The van der Waals surface area contributed by atoms with E-state index in [-0.39, 0.29) is 19.1 Å². The molecular weight excluding hydrogens is 420 g/mol. The van der Waals surface area contributed by atoms with Crippen LogP contribution in [0, 0.1) is 23.3 Å². The fourth-order valence-electron chi connectivity index (χ4n) is 2.29. The van der Waals surface area contributed by atoms with E-state index < -0.39 is 54.3 Å². The number of rotatable bonds is 4. The molecule has 0 saturated heterocycles. The van der Waals surface area contributed by atoms with Crippen LogP contribution in [0.25, 0.3) is 0 Å². The van der Waals surface area contributed by atoms with Crippen LogP contribution in [0.3, 0.4) is 0 Å². The quantitative estimate of drug-likeness (QED) is 0.364. The summed E-state index contributed by atoms with van der Waals surface area (Å²) in [6.07, 6.45) is 0. The Morgan fingerprint density at radius 2 is 0.923 bits per heavy atom. The summed E-state index contributed by atoms with van der Waals surface area (Å²) in [5.41, 5.74) is 0. The zero-order valence-electron chi connectivity index (χ0n) is 12.7. The van der Waals surface area contributed by atoms with Crippen LogP contribution in [0.2, 0.25) is 0 Å². The van der Waals surface area contributed by atoms with Crippen molar-refractivity contribution in [3.05, 3.63) is 59.7 Å². The van der Waals surface area contributed by atoms with Crippen molar-refractivity contribution in [1.82, 2.24) is 0 Å². The zero-order chi connectivity index (χ0) is 20.2. The van der Waals surface area contributed by atoms with Gasteiger partial charge in [-0.15, -0.1) is 0 Å². The predicted molar refractivity (Wildman–Crippen MR) is 81.9 cm³/mol. The number of benzene rings is 2. The first kappa shape index (κ1) is 20.9. The Bertz CT molecular complexity index is 794. The van der Waals surface area contributed by atoms with E-state index in [2.05, 4.69) is 0 Å². The SMILES string of the molecule is CC(P(F)(F)(F)c1cccc(F)c1F)P(F)(F)(F)c1cccc(F)c1F. The molecule has 0 radical (unpaired) electrons. The molecule has 0 N–H and O–H groups in total. The molecule has 0 unspecified atom stereocenters. The van der Waals surface area contributed by atoms with Gasteiger partial charge in [-0.2, -0.15) is 0 Å². The first-order valence-corrected chi connectivity index (χ1v) is 10.8. The van der Waals surface area contributed by atoms with Crippen molar-refractivity contribution in [3.8, 4) is 0 Å². The fraction of sp³-hybridized carbons (Fsp3) is 0.143. The third-order valence-electron chi connectivity index (χ3n) is 3.91. The molecule has 12 heteroatoms. The average molecular weight is 430 g/mol. The van der Waals surface area contributed by atoms with Gasteiger partial charge in [0.05, 0.1) is 0 Å². The van der Waals surface area contributed by atoms with E-state index >= 15 is 0 Å².